The molecule has 55 heavy (non-hydrogen) atoms. The first-order valence-corrected chi connectivity index (χ1v) is 24.6. The van der Waals surface area contributed by atoms with Crippen molar-refractivity contribution in [1.29, 1.82) is 0 Å². The number of nitrogens with one attached hydrogen (secondary N) is 1. The maximum atomic E-state index is 12.5. The molecule has 0 bridgehead atoms. The third kappa shape index (κ3) is 38.3. The molecule has 0 rings (SSSR count). The molecular weight excluding hydrogens is 683 g/mol. The highest BCUT2D eigenvalue weighted by molar-refractivity contribution is 5.80. The van der Waals surface area contributed by atoms with Crippen LogP contribution in [0.2, 0.25) is 0 Å². The highest BCUT2D eigenvalue weighted by Crippen LogP contribution is 2.17. The van der Waals surface area contributed by atoms with E-state index < -0.39 is 36.9 Å². The first kappa shape index (κ1) is 54.0. The van der Waals surface area contributed by atoms with Crippen molar-refractivity contribution >= 4 is 5.91 Å². The molecule has 0 aliphatic carbocycles. The Balaban J connectivity index is 3.66. The zero-order valence-electron chi connectivity index (χ0n) is 36.9. The van der Waals surface area contributed by atoms with Crippen molar-refractivity contribution in [2.24, 2.45) is 0 Å². The summed E-state index contributed by atoms with van der Waals surface area (Å²) in [5, 5.41) is 43.8. The molecule has 0 saturated heterocycles. The summed E-state index contributed by atoms with van der Waals surface area (Å²) in [6.07, 6.45) is 49.7. The average molecular weight is 780 g/mol. The molecule has 0 aromatic carbocycles. The maximum Gasteiger partial charge on any atom is 0.249 e. The second-order valence-electron chi connectivity index (χ2n) is 17.2. The zero-order valence-corrected chi connectivity index (χ0v) is 36.9. The Morgan fingerprint density at radius 3 is 1.05 bits per heavy atom. The molecule has 4 atom stereocenters. The summed E-state index contributed by atoms with van der Waals surface area (Å²) < 4.78 is 0. The normalized spacial score (nSPS) is 14.1. The number of aliphatic hydroxyl groups is 4. The molecule has 328 valence electrons. The van der Waals surface area contributed by atoms with Crippen molar-refractivity contribution in [2.75, 3.05) is 6.61 Å². The van der Waals surface area contributed by atoms with Gasteiger partial charge in [0.25, 0.3) is 0 Å². The SMILES string of the molecule is CCCCCCCCCCCCCC/C=C\CCCCCCCCCCC(O)C(=O)NC(CO)C(O)C(O)CCCCCCCCCCCCCCCCC. The van der Waals surface area contributed by atoms with Gasteiger partial charge in [0.1, 0.15) is 12.2 Å². The number of rotatable bonds is 45. The van der Waals surface area contributed by atoms with Gasteiger partial charge in [0, 0.05) is 0 Å². The minimum atomic E-state index is -1.26. The van der Waals surface area contributed by atoms with Crippen LogP contribution < -0.4 is 5.32 Å². The number of amides is 1. The molecule has 0 aliphatic rings. The number of carbonyl (C=O) groups excluding carboxylic acids is 1. The largest absolute Gasteiger partial charge is 0.394 e. The van der Waals surface area contributed by atoms with E-state index in [0.29, 0.717) is 12.8 Å². The van der Waals surface area contributed by atoms with Gasteiger partial charge in [-0.05, 0) is 38.5 Å². The van der Waals surface area contributed by atoms with Crippen molar-refractivity contribution in [3.05, 3.63) is 12.2 Å². The van der Waals surface area contributed by atoms with Crippen LogP contribution in [0.25, 0.3) is 0 Å². The van der Waals surface area contributed by atoms with Gasteiger partial charge in [-0.1, -0.05) is 238 Å². The van der Waals surface area contributed by atoms with Crippen molar-refractivity contribution in [3.63, 3.8) is 0 Å². The number of hydrogen-bond donors (Lipinski definition) is 5. The third-order valence-electron chi connectivity index (χ3n) is 11.7. The van der Waals surface area contributed by atoms with Gasteiger partial charge in [-0.3, -0.25) is 4.79 Å². The molecular formula is C49H97NO5. The topological polar surface area (TPSA) is 110 Å². The Bertz CT molecular complexity index is 791. The van der Waals surface area contributed by atoms with Crippen LogP contribution in [0, 0.1) is 0 Å². The van der Waals surface area contributed by atoms with E-state index in [1.54, 1.807) is 0 Å². The van der Waals surface area contributed by atoms with Gasteiger partial charge in [0.05, 0.1) is 18.8 Å². The summed E-state index contributed by atoms with van der Waals surface area (Å²) in [7, 11) is 0. The highest BCUT2D eigenvalue weighted by atomic mass is 16.3. The van der Waals surface area contributed by atoms with Crippen LogP contribution in [0.5, 0.6) is 0 Å². The van der Waals surface area contributed by atoms with E-state index in [2.05, 4.69) is 31.3 Å². The summed E-state index contributed by atoms with van der Waals surface area (Å²) >= 11 is 0. The van der Waals surface area contributed by atoms with E-state index in [1.807, 2.05) is 0 Å². The lowest BCUT2D eigenvalue weighted by atomic mass is 9.99. The van der Waals surface area contributed by atoms with Crippen LogP contribution in [0.3, 0.4) is 0 Å². The summed E-state index contributed by atoms with van der Waals surface area (Å²) in [4.78, 5) is 12.5. The third-order valence-corrected chi connectivity index (χ3v) is 11.7. The lowest BCUT2D eigenvalue weighted by Crippen LogP contribution is -2.53. The fraction of sp³-hybridized carbons (Fsp3) is 0.939. The van der Waals surface area contributed by atoms with Gasteiger partial charge >= 0.3 is 0 Å². The fourth-order valence-electron chi connectivity index (χ4n) is 7.81. The number of hydrogen-bond acceptors (Lipinski definition) is 5. The van der Waals surface area contributed by atoms with E-state index >= 15 is 0 Å². The van der Waals surface area contributed by atoms with E-state index in [1.165, 1.54) is 199 Å². The molecule has 0 saturated carbocycles. The summed E-state index contributed by atoms with van der Waals surface area (Å²) in [6, 6.07) is -0.983. The molecule has 4 unspecified atom stereocenters. The lowest BCUT2D eigenvalue weighted by Gasteiger charge is -2.27. The second kappa shape index (κ2) is 44.2. The van der Waals surface area contributed by atoms with Gasteiger partial charge in [-0.15, -0.1) is 0 Å². The van der Waals surface area contributed by atoms with Crippen LogP contribution in [0.15, 0.2) is 12.2 Å². The van der Waals surface area contributed by atoms with Crippen LogP contribution in [0.4, 0.5) is 0 Å². The zero-order chi connectivity index (χ0) is 40.3. The van der Waals surface area contributed by atoms with E-state index in [-0.39, 0.29) is 0 Å². The van der Waals surface area contributed by atoms with Gasteiger partial charge in [-0.25, -0.2) is 0 Å². The lowest BCUT2D eigenvalue weighted by molar-refractivity contribution is -0.132. The standard InChI is InChI=1S/C49H97NO5/c1-3-5-7-9-11-13-15-17-19-20-21-22-23-24-25-26-27-29-31-33-35-37-39-41-43-47(53)49(55)50-45(44-51)48(54)46(52)42-40-38-36-34-32-30-28-18-16-14-12-10-8-6-4-2/h24-25,45-48,51-54H,3-23,26-44H2,1-2H3,(H,50,55)/b25-24-. The molecule has 0 radical (unpaired) electrons. The van der Waals surface area contributed by atoms with Crippen molar-refractivity contribution in [1.82, 2.24) is 5.32 Å². The molecule has 5 N–H and O–H groups in total. The Morgan fingerprint density at radius 2 is 0.727 bits per heavy atom. The van der Waals surface area contributed by atoms with Gasteiger partial charge in [0.15, 0.2) is 0 Å². The molecule has 0 aromatic rings. The molecule has 0 aromatic heterocycles. The van der Waals surface area contributed by atoms with Crippen molar-refractivity contribution in [3.8, 4) is 0 Å². The summed E-state index contributed by atoms with van der Waals surface area (Å²) in [6.45, 7) is 4.07. The van der Waals surface area contributed by atoms with Crippen LogP contribution in [-0.2, 0) is 4.79 Å². The Morgan fingerprint density at radius 1 is 0.436 bits per heavy atom. The molecule has 0 heterocycles. The fourth-order valence-corrected chi connectivity index (χ4v) is 7.81. The number of unbranched alkanes of at least 4 members (excludes halogenated alkanes) is 34. The quantitative estimate of drug-likeness (QED) is 0.0312. The van der Waals surface area contributed by atoms with E-state index in [0.717, 1.165) is 38.5 Å². The van der Waals surface area contributed by atoms with Gasteiger partial charge in [0.2, 0.25) is 5.91 Å². The first-order chi connectivity index (χ1) is 27.0. The molecule has 6 nitrogen and oxygen atoms in total. The predicted octanol–water partition coefficient (Wildman–Crippen LogP) is 13.4. The molecule has 0 spiro atoms. The number of allylic oxidation sites excluding steroid dienone is 2. The minimum absolute atomic E-state index is 0.368. The molecule has 6 heteroatoms. The van der Waals surface area contributed by atoms with Gasteiger partial charge < -0.3 is 25.7 Å². The van der Waals surface area contributed by atoms with E-state index in [9.17, 15) is 25.2 Å². The van der Waals surface area contributed by atoms with Crippen molar-refractivity contribution < 1.29 is 25.2 Å². The molecule has 0 aliphatic heterocycles. The predicted molar refractivity (Wildman–Crippen MR) is 238 cm³/mol. The minimum Gasteiger partial charge on any atom is -0.394 e. The van der Waals surface area contributed by atoms with E-state index in [4.69, 9.17) is 0 Å². The number of carbonyl (C=O) groups is 1. The Labute approximate surface area is 342 Å². The Kier molecular flexibility index (Phi) is 43.4. The first-order valence-electron chi connectivity index (χ1n) is 24.6. The average Bonchev–Trinajstić information content (AvgIpc) is 3.19. The molecule has 0 fully saturated rings. The monoisotopic (exact) mass is 780 g/mol. The smallest absolute Gasteiger partial charge is 0.249 e. The summed E-state index contributed by atoms with van der Waals surface area (Å²) in [5.74, 6) is -0.583. The maximum absolute atomic E-state index is 12.5. The number of aliphatic hydroxyl groups excluding tert-OH is 4. The van der Waals surface area contributed by atoms with Crippen LogP contribution in [-0.4, -0.2) is 57.3 Å². The highest BCUT2D eigenvalue weighted by Gasteiger charge is 2.28. The van der Waals surface area contributed by atoms with Crippen LogP contribution in [0.1, 0.15) is 264 Å². The van der Waals surface area contributed by atoms with Gasteiger partial charge in [-0.2, -0.15) is 0 Å². The summed E-state index contributed by atoms with van der Waals surface area (Å²) in [5.41, 5.74) is 0. The van der Waals surface area contributed by atoms with Crippen LogP contribution >= 0.6 is 0 Å². The second-order valence-corrected chi connectivity index (χ2v) is 17.2. The van der Waals surface area contributed by atoms with Crippen molar-refractivity contribution in [2.45, 2.75) is 289 Å². The Hall–Kier alpha value is -0.950. The molecule has 1 amide bonds.